The highest BCUT2D eigenvalue weighted by atomic mass is 19.4. The molecule has 2 amide bonds. The molecule has 0 aliphatic rings. The van der Waals surface area contributed by atoms with E-state index < -0.39 is 12.4 Å². The van der Waals surface area contributed by atoms with Crippen LogP contribution in [0, 0.1) is 0 Å². The number of carbonyl (C=O) groups excluding carboxylic acids is 1. The predicted molar refractivity (Wildman–Crippen MR) is 96.6 cm³/mol. The molecule has 0 aliphatic heterocycles. The summed E-state index contributed by atoms with van der Waals surface area (Å²) < 4.78 is 51.6. The summed E-state index contributed by atoms with van der Waals surface area (Å²) in [5.41, 5.74) is 1.10. The van der Waals surface area contributed by atoms with Crippen molar-refractivity contribution in [2.45, 2.75) is 19.3 Å². The molecule has 6 nitrogen and oxygen atoms in total. The van der Waals surface area contributed by atoms with Gasteiger partial charge in [0, 0.05) is 24.7 Å². The summed E-state index contributed by atoms with van der Waals surface area (Å²) in [6, 6.07) is 10.5. The number of alkyl halides is 3. The van der Waals surface area contributed by atoms with Crippen LogP contribution in [0.5, 0.6) is 17.2 Å². The first-order valence-electron chi connectivity index (χ1n) is 8.38. The van der Waals surface area contributed by atoms with E-state index in [0.717, 1.165) is 5.56 Å². The third kappa shape index (κ3) is 6.57. The molecule has 2 aromatic rings. The van der Waals surface area contributed by atoms with Gasteiger partial charge in [0.15, 0.2) is 0 Å². The summed E-state index contributed by atoms with van der Waals surface area (Å²) >= 11 is 0. The zero-order valence-corrected chi connectivity index (χ0v) is 15.4. The fraction of sp³-hybridized carbons (Fsp3) is 0.316. The molecule has 2 rings (SSSR count). The Hall–Kier alpha value is -3.10. The molecule has 0 radical (unpaired) electrons. The zero-order chi connectivity index (χ0) is 20.6. The monoisotopic (exact) mass is 398 g/mol. The standard InChI is InChI=1S/C19H21F3N2O4/c1-26-15-8-7-13(17(11-15)27-2)9-10-23-18(25)24-12-14-5-3-4-6-16(14)28-19(20,21)22/h3-8,11H,9-10,12H2,1-2H3,(H2,23,24,25). The molecule has 0 fully saturated rings. The number of amides is 2. The van der Waals surface area contributed by atoms with Gasteiger partial charge in [-0.2, -0.15) is 0 Å². The van der Waals surface area contributed by atoms with E-state index in [1.54, 1.807) is 32.4 Å². The minimum Gasteiger partial charge on any atom is -0.497 e. The van der Waals surface area contributed by atoms with Gasteiger partial charge < -0.3 is 24.8 Å². The molecule has 0 unspecified atom stereocenters. The first-order valence-corrected chi connectivity index (χ1v) is 8.38. The highest BCUT2D eigenvalue weighted by Gasteiger charge is 2.31. The lowest BCUT2D eigenvalue weighted by Gasteiger charge is -2.14. The van der Waals surface area contributed by atoms with Crippen LogP contribution >= 0.6 is 0 Å². The number of ether oxygens (including phenoxy) is 3. The zero-order valence-electron chi connectivity index (χ0n) is 15.4. The largest absolute Gasteiger partial charge is 0.573 e. The number of urea groups is 1. The number of benzene rings is 2. The topological polar surface area (TPSA) is 68.8 Å². The fourth-order valence-electron chi connectivity index (χ4n) is 2.48. The SMILES string of the molecule is COc1ccc(CCNC(=O)NCc2ccccc2OC(F)(F)F)c(OC)c1. The van der Waals surface area contributed by atoms with Gasteiger partial charge in [-0.3, -0.25) is 0 Å². The molecule has 0 atom stereocenters. The number of hydrogen-bond acceptors (Lipinski definition) is 4. The van der Waals surface area contributed by atoms with E-state index >= 15 is 0 Å². The molecule has 2 N–H and O–H groups in total. The van der Waals surface area contributed by atoms with Crippen molar-refractivity contribution in [2.75, 3.05) is 20.8 Å². The lowest BCUT2D eigenvalue weighted by Crippen LogP contribution is -2.36. The van der Waals surface area contributed by atoms with Crippen LogP contribution < -0.4 is 24.8 Å². The van der Waals surface area contributed by atoms with Crippen molar-refractivity contribution in [3.8, 4) is 17.2 Å². The molecule has 2 aromatic carbocycles. The van der Waals surface area contributed by atoms with E-state index in [1.165, 1.54) is 18.2 Å². The average molecular weight is 398 g/mol. The van der Waals surface area contributed by atoms with Crippen LogP contribution in [0.15, 0.2) is 42.5 Å². The lowest BCUT2D eigenvalue weighted by molar-refractivity contribution is -0.274. The quantitative estimate of drug-likeness (QED) is 0.712. The van der Waals surface area contributed by atoms with Crippen molar-refractivity contribution < 1.29 is 32.2 Å². The summed E-state index contributed by atoms with van der Waals surface area (Å²) in [4.78, 5) is 11.9. The summed E-state index contributed by atoms with van der Waals surface area (Å²) in [6.45, 7) is 0.208. The maximum atomic E-state index is 12.4. The summed E-state index contributed by atoms with van der Waals surface area (Å²) in [7, 11) is 3.09. The number of methoxy groups -OCH3 is 2. The highest BCUT2D eigenvalue weighted by molar-refractivity contribution is 5.73. The van der Waals surface area contributed by atoms with Gasteiger partial charge in [-0.15, -0.1) is 13.2 Å². The van der Waals surface area contributed by atoms with Gasteiger partial charge in [0.25, 0.3) is 0 Å². The predicted octanol–water partition coefficient (Wildman–Crippen LogP) is 3.64. The third-order valence-electron chi connectivity index (χ3n) is 3.81. The molecule has 9 heteroatoms. The Balaban J connectivity index is 1.84. The number of nitrogens with one attached hydrogen (secondary N) is 2. The molecule has 0 spiro atoms. The van der Waals surface area contributed by atoms with E-state index in [1.807, 2.05) is 6.07 Å². The smallest absolute Gasteiger partial charge is 0.497 e. The maximum absolute atomic E-state index is 12.4. The number of halogens is 3. The van der Waals surface area contributed by atoms with Crippen LogP contribution in [0.1, 0.15) is 11.1 Å². The van der Waals surface area contributed by atoms with Gasteiger partial charge in [0.1, 0.15) is 17.2 Å². The molecule has 0 aromatic heterocycles. The maximum Gasteiger partial charge on any atom is 0.573 e. The van der Waals surface area contributed by atoms with E-state index in [2.05, 4.69) is 15.4 Å². The molecule has 0 heterocycles. The summed E-state index contributed by atoms with van der Waals surface area (Å²) in [5.74, 6) is 0.948. The van der Waals surface area contributed by atoms with Crippen molar-refractivity contribution in [3.63, 3.8) is 0 Å². The molecule has 0 aliphatic carbocycles. The van der Waals surface area contributed by atoms with Crippen LogP contribution in [-0.4, -0.2) is 33.2 Å². The normalized spacial score (nSPS) is 10.9. The van der Waals surface area contributed by atoms with Gasteiger partial charge in [-0.05, 0) is 24.1 Å². The molecule has 0 saturated carbocycles. The van der Waals surface area contributed by atoms with Crippen molar-refractivity contribution in [3.05, 3.63) is 53.6 Å². The number of rotatable bonds is 8. The molecule has 0 bridgehead atoms. The van der Waals surface area contributed by atoms with E-state index in [-0.39, 0.29) is 17.9 Å². The van der Waals surface area contributed by atoms with E-state index in [4.69, 9.17) is 9.47 Å². The average Bonchev–Trinajstić information content (AvgIpc) is 2.66. The Bertz CT molecular complexity index is 797. The second-order valence-electron chi connectivity index (χ2n) is 5.69. The van der Waals surface area contributed by atoms with E-state index in [0.29, 0.717) is 24.5 Å². The minimum absolute atomic E-state index is 0.107. The Morgan fingerprint density at radius 2 is 1.71 bits per heavy atom. The van der Waals surface area contributed by atoms with Gasteiger partial charge >= 0.3 is 12.4 Å². The van der Waals surface area contributed by atoms with E-state index in [9.17, 15) is 18.0 Å². The number of carbonyl (C=O) groups is 1. The van der Waals surface area contributed by atoms with Crippen molar-refractivity contribution >= 4 is 6.03 Å². The molecular formula is C19H21F3N2O4. The van der Waals surface area contributed by atoms with Crippen molar-refractivity contribution in [2.24, 2.45) is 0 Å². The van der Waals surface area contributed by atoms with Crippen LogP contribution in [0.4, 0.5) is 18.0 Å². The van der Waals surface area contributed by atoms with Crippen LogP contribution in [0.25, 0.3) is 0 Å². The molecular weight excluding hydrogens is 377 g/mol. The summed E-state index contributed by atoms with van der Waals surface area (Å²) in [5, 5.41) is 5.16. The van der Waals surface area contributed by atoms with Gasteiger partial charge in [-0.1, -0.05) is 24.3 Å². The third-order valence-corrected chi connectivity index (χ3v) is 3.81. The Labute approximate surface area is 160 Å². The Kier molecular flexibility index (Phi) is 7.36. The van der Waals surface area contributed by atoms with Crippen molar-refractivity contribution in [1.82, 2.24) is 10.6 Å². The van der Waals surface area contributed by atoms with Gasteiger partial charge in [0.05, 0.1) is 14.2 Å². The number of para-hydroxylation sites is 1. The molecule has 0 saturated heterocycles. The van der Waals surface area contributed by atoms with Gasteiger partial charge in [-0.25, -0.2) is 4.79 Å². The van der Waals surface area contributed by atoms with Crippen LogP contribution in [0.3, 0.4) is 0 Å². The second-order valence-corrected chi connectivity index (χ2v) is 5.69. The van der Waals surface area contributed by atoms with Crippen LogP contribution in [0.2, 0.25) is 0 Å². The van der Waals surface area contributed by atoms with Crippen LogP contribution in [-0.2, 0) is 13.0 Å². The van der Waals surface area contributed by atoms with Crippen molar-refractivity contribution in [1.29, 1.82) is 0 Å². The Morgan fingerprint density at radius 1 is 0.964 bits per heavy atom. The Morgan fingerprint density at radius 3 is 2.39 bits per heavy atom. The lowest BCUT2D eigenvalue weighted by atomic mass is 10.1. The minimum atomic E-state index is -4.80. The molecule has 28 heavy (non-hydrogen) atoms. The number of hydrogen-bond donors (Lipinski definition) is 2. The summed E-state index contributed by atoms with van der Waals surface area (Å²) in [6.07, 6.45) is -4.29. The fourth-order valence-corrected chi connectivity index (χ4v) is 2.48. The second kappa shape index (κ2) is 9.72. The molecule has 152 valence electrons. The highest BCUT2D eigenvalue weighted by Crippen LogP contribution is 2.26. The van der Waals surface area contributed by atoms with Gasteiger partial charge in [0.2, 0.25) is 0 Å². The first-order chi connectivity index (χ1) is 13.3. The first kappa shape index (κ1) is 21.2.